The van der Waals surface area contributed by atoms with E-state index < -0.39 is 0 Å². The summed E-state index contributed by atoms with van der Waals surface area (Å²) in [5.41, 5.74) is 3.58. The quantitative estimate of drug-likeness (QED) is 0.570. The van der Waals surface area contributed by atoms with Gasteiger partial charge in [-0.3, -0.25) is 9.59 Å². The van der Waals surface area contributed by atoms with E-state index in [0.29, 0.717) is 49.7 Å². The number of benzene rings is 2. The third-order valence-electron chi connectivity index (χ3n) is 6.25. The van der Waals surface area contributed by atoms with E-state index in [1.165, 1.54) is 12.1 Å². The number of aromatic nitrogens is 3. The molecule has 0 bridgehead atoms. The first-order chi connectivity index (χ1) is 16.0. The van der Waals surface area contributed by atoms with Crippen molar-refractivity contribution in [3.05, 3.63) is 76.9 Å². The maximum atomic E-state index is 13.2. The summed E-state index contributed by atoms with van der Waals surface area (Å²) in [5, 5.41) is 8.33. The fourth-order valence-corrected chi connectivity index (χ4v) is 4.28. The molecule has 1 amide bonds. The zero-order valence-corrected chi connectivity index (χ0v) is 18.3. The number of rotatable bonds is 4. The van der Waals surface area contributed by atoms with Crippen molar-refractivity contribution in [3.63, 3.8) is 0 Å². The zero-order chi connectivity index (χ0) is 22.9. The van der Waals surface area contributed by atoms with E-state index >= 15 is 0 Å². The minimum atomic E-state index is -0.294. The molecule has 0 saturated carbocycles. The van der Waals surface area contributed by atoms with Crippen molar-refractivity contribution in [2.24, 2.45) is 0 Å². The van der Waals surface area contributed by atoms with Gasteiger partial charge in [0.2, 0.25) is 0 Å². The van der Waals surface area contributed by atoms with Crippen molar-refractivity contribution >= 4 is 17.4 Å². The summed E-state index contributed by atoms with van der Waals surface area (Å²) in [7, 11) is 0. The highest BCUT2D eigenvalue weighted by molar-refractivity contribution is 5.94. The molecule has 1 saturated heterocycles. The molecule has 1 aromatic heterocycles. The standard InChI is InChI=1S/C24H24FN5O3/c1-16(31)17-4-8-20(9-5-17)28-10-12-29(13-11-28)24(32)23-21-15-33-22(14-30(21)27-26-23)18-2-6-19(25)7-3-18/h2-9,22H,10-15H2,1H3/t22-/m0/s1. The Bertz CT molecular complexity index is 1170. The molecule has 0 unspecified atom stereocenters. The summed E-state index contributed by atoms with van der Waals surface area (Å²) in [6.45, 7) is 4.72. The summed E-state index contributed by atoms with van der Waals surface area (Å²) in [4.78, 5) is 28.6. The van der Waals surface area contributed by atoms with Gasteiger partial charge in [0.15, 0.2) is 11.5 Å². The van der Waals surface area contributed by atoms with Gasteiger partial charge in [0.1, 0.15) is 11.9 Å². The lowest BCUT2D eigenvalue weighted by atomic mass is 10.1. The van der Waals surface area contributed by atoms with E-state index in [1.807, 2.05) is 24.3 Å². The number of hydrogen-bond donors (Lipinski definition) is 0. The van der Waals surface area contributed by atoms with Crippen molar-refractivity contribution in [2.75, 3.05) is 31.1 Å². The molecule has 2 aromatic carbocycles. The van der Waals surface area contributed by atoms with E-state index in [0.717, 1.165) is 11.3 Å². The van der Waals surface area contributed by atoms with Gasteiger partial charge in [0, 0.05) is 37.4 Å². The Labute approximate surface area is 190 Å². The Hall–Kier alpha value is -3.59. The second kappa shape index (κ2) is 8.74. The molecule has 8 nitrogen and oxygen atoms in total. The van der Waals surface area contributed by atoms with Crippen LogP contribution in [0.5, 0.6) is 0 Å². The first-order valence-corrected chi connectivity index (χ1v) is 10.9. The van der Waals surface area contributed by atoms with Crippen LogP contribution in [0.15, 0.2) is 48.5 Å². The highest BCUT2D eigenvalue weighted by Gasteiger charge is 2.31. The van der Waals surface area contributed by atoms with Crippen LogP contribution in [0.4, 0.5) is 10.1 Å². The topological polar surface area (TPSA) is 80.6 Å². The summed E-state index contributed by atoms with van der Waals surface area (Å²) < 4.78 is 20.8. The Kier molecular flexibility index (Phi) is 5.63. The number of piperazine rings is 1. The third kappa shape index (κ3) is 4.23. The lowest BCUT2D eigenvalue weighted by Gasteiger charge is -2.36. The minimum absolute atomic E-state index is 0.0435. The molecule has 0 radical (unpaired) electrons. The number of carbonyl (C=O) groups is 2. The van der Waals surface area contributed by atoms with Gasteiger partial charge >= 0.3 is 0 Å². The Balaban J connectivity index is 1.23. The number of Topliss-reactive ketones (excluding diaryl/α,β-unsaturated/α-hetero) is 1. The molecular formula is C24H24FN5O3. The van der Waals surface area contributed by atoms with Gasteiger partial charge in [-0.25, -0.2) is 9.07 Å². The van der Waals surface area contributed by atoms with Gasteiger partial charge in [0.25, 0.3) is 5.91 Å². The van der Waals surface area contributed by atoms with Gasteiger partial charge in [-0.1, -0.05) is 17.3 Å². The van der Waals surface area contributed by atoms with Crippen molar-refractivity contribution in [2.45, 2.75) is 26.2 Å². The van der Waals surface area contributed by atoms with Crippen LogP contribution in [-0.4, -0.2) is 57.8 Å². The van der Waals surface area contributed by atoms with Crippen LogP contribution in [-0.2, 0) is 17.9 Å². The van der Waals surface area contributed by atoms with Crippen molar-refractivity contribution in [1.82, 2.24) is 19.9 Å². The number of nitrogens with zero attached hydrogens (tertiary/aromatic N) is 5. The summed E-state index contributed by atoms with van der Waals surface area (Å²) in [6.07, 6.45) is -0.263. The molecule has 1 atom stereocenters. The number of amides is 1. The fraction of sp³-hybridized carbons (Fsp3) is 0.333. The van der Waals surface area contributed by atoms with E-state index in [9.17, 15) is 14.0 Å². The highest BCUT2D eigenvalue weighted by atomic mass is 19.1. The number of hydrogen-bond acceptors (Lipinski definition) is 6. The molecule has 2 aliphatic heterocycles. The maximum Gasteiger partial charge on any atom is 0.276 e. The number of carbonyl (C=O) groups excluding carboxylic acids is 2. The number of ether oxygens (including phenoxy) is 1. The maximum absolute atomic E-state index is 13.2. The molecule has 33 heavy (non-hydrogen) atoms. The molecule has 0 aliphatic carbocycles. The zero-order valence-electron chi connectivity index (χ0n) is 18.3. The second-order valence-corrected chi connectivity index (χ2v) is 8.30. The Morgan fingerprint density at radius 3 is 2.36 bits per heavy atom. The molecule has 3 aromatic rings. The number of anilines is 1. The summed E-state index contributed by atoms with van der Waals surface area (Å²) >= 11 is 0. The fourth-order valence-electron chi connectivity index (χ4n) is 4.28. The first kappa shape index (κ1) is 21.3. The van der Waals surface area contributed by atoms with Crippen LogP contribution < -0.4 is 4.90 Å². The lowest BCUT2D eigenvalue weighted by Crippen LogP contribution is -2.49. The van der Waals surface area contributed by atoms with Gasteiger partial charge < -0.3 is 14.5 Å². The monoisotopic (exact) mass is 449 g/mol. The number of ketones is 1. The minimum Gasteiger partial charge on any atom is -0.368 e. The van der Waals surface area contributed by atoms with Gasteiger partial charge in [-0.15, -0.1) is 5.10 Å². The smallest absolute Gasteiger partial charge is 0.276 e. The van der Waals surface area contributed by atoms with E-state index in [-0.39, 0.29) is 30.2 Å². The summed E-state index contributed by atoms with van der Waals surface area (Å²) in [5.74, 6) is -0.398. The SMILES string of the molecule is CC(=O)c1ccc(N2CCN(C(=O)c3nnn4c3CO[C@H](c3ccc(F)cc3)C4)CC2)cc1. The Morgan fingerprint density at radius 1 is 1.00 bits per heavy atom. The van der Waals surface area contributed by atoms with Gasteiger partial charge in [0.05, 0.1) is 18.8 Å². The first-order valence-electron chi connectivity index (χ1n) is 10.9. The normalized spacial score (nSPS) is 18.2. The predicted octanol–water partition coefficient (Wildman–Crippen LogP) is 2.85. The second-order valence-electron chi connectivity index (χ2n) is 8.30. The number of fused-ring (bicyclic) bond motifs is 1. The van der Waals surface area contributed by atoms with E-state index in [2.05, 4.69) is 15.2 Å². The molecule has 3 heterocycles. The molecule has 9 heteroatoms. The van der Waals surface area contributed by atoms with E-state index in [4.69, 9.17) is 4.74 Å². The molecule has 0 N–H and O–H groups in total. The van der Waals surface area contributed by atoms with Gasteiger partial charge in [-0.05, 0) is 48.9 Å². The van der Waals surface area contributed by atoms with Crippen molar-refractivity contribution < 1.29 is 18.7 Å². The summed E-state index contributed by atoms with van der Waals surface area (Å²) in [6, 6.07) is 13.7. The largest absolute Gasteiger partial charge is 0.368 e. The third-order valence-corrected chi connectivity index (χ3v) is 6.25. The Morgan fingerprint density at radius 2 is 1.70 bits per heavy atom. The highest BCUT2D eigenvalue weighted by Crippen LogP contribution is 2.28. The lowest BCUT2D eigenvalue weighted by molar-refractivity contribution is -0.00199. The van der Waals surface area contributed by atoms with Crippen LogP contribution in [0.2, 0.25) is 0 Å². The average Bonchev–Trinajstić information content (AvgIpc) is 3.27. The molecule has 5 rings (SSSR count). The molecular weight excluding hydrogens is 425 g/mol. The predicted molar refractivity (Wildman–Crippen MR) is 119 cm³/mol. The van der Waals surface area contributed by atoms with Crippen LogP contribution in [0.1, 0.15) is 45.1 Å². The average molecular weight is 449 g/mol. The van der Waals surface area contributed by atoms with Crippen LogP contribution >= 0.6 is 0 Å². The molecule has 2 aliphatic rings. The molecule has 1 fully saturated rings. The van der Waals surface area contributed by atoms with E-state index in [1.54, 1.807) is 28.6 Å². The van der Waals surface area contributed by atoms with Gasteiger partial charge in [-0.2, -0.15) is 0 Å². The van der Waals surface area contributed by atoms with Crippen LogP contribution in [0.25, 0.3) is 0 Å². The van der Waals surface area contributed by atoms with Crippen molar-refractivity contribution in [1.29, 1.82) is 0 Å². The molecule has 170 valence electrons. The van der Waals surface area contributed by atoms with Crippen LogP contribution in [0.3, 0.4) is 0 Å². The molecule has 0 spiro atoms. The van der Waals surface area contributed by atoms with Crippen LogP contribution in [0, 0.1) is 5.82 Å². The van der Waals surface area contributed by atoms with Crippen molar-refractivity contribution in [3.8, 4) is 0 Å². The number of halogens is 1.